The molecule has 0 fully saturated rings. The van der Waals surface area contributed by atoms with Crippen LogP contribution in [-0.4, -0.2) is 54.6 Å². The molecule has 1 aromatic carbocycles. The first-order chi connectivity index (χ1) is 8.86. The van der Waals surface area contributed by atoms with Gasteiger partial charge in [-0.15, -0.1) is 0 Å². The third-order valence-corrected chi connectivity index (χ3v) is 2.91. The maximum Gasteiger partial charge on any atom is 0.317 e. The topological polar surface area (TPSA) is 43.8 Å². The SMILES string of the molecule is Cc1cc(C)cc(CN(CCN(C)C)CC(=O)O)c1. The summed E-state index contributed by atoms with van der Waals surface area (Å²) in [4.78, 5) is 15.0. The van der Waals surface area contributed by atoms with Crippen LogP contribution in [0.5, 0.6) is 0 Å². The summed E-state index contributed by atoms with van der Waals surface area (Å²) in [5.41, 5.74) is 3.62. The number of carboxylic acid groups (broad SMARTS) is 1. The second-order valence-electron chi connectivity index (χ2n) is 5.40. The van der Waals surface area contributed by atoms with Crippen LogP contribution in [0.3, 0.4) is 0 Å². The van der Waals surface area contributed by atoms with E-state index in [4.69, 9.17) is 5.11 Å². The molecule has 0 radical (unpaired) electrons. The second kappa shape index (κ2) is 7.26. The number of carboxylic acids is 1. The van der Waals surface area contributed by atoms with Crippen LogP contribution < -0.4 is 0 Å². The summed E-state index contributed by atoms with van der Waals surface area (Å²) >= 11 is 0. The lowest BCUT2D eigenvalue weighted by atomic mass is 10.1. The highest BCUT2D eigenvalue weighted by Gasteiger charge is 2.11. The summed E-state index contributed by atoms with van der Waals surface area (Å²) in [6.45, 7) is 6.52. The van der Waals surface area contributed by atoms with E-state index in [9.17, 15) is 4.79 Å². The molecule has 0 unspecified atom stereocenters. The minimum atomic E-state index is -0.775. The predicted octanol–water partition coefficient (Wildman–Crippen LogP) is 1.75. The van der Waals surface area contributed by atoms with Crippen LogP contribution in [-0.2, 0) is 11.3 Å². The molecular weight excluding hydrogens is 240 g/mol. The smallest absolute Gasteiger partial charge is 0.317 e. The molecule has 1 N–H and O–H groups in total. The molecule has 0 saturated heterocycles. The van der Waals surface area contributed by atoms with Crippen molar-refractivity contribution in [2.45, 2.75) is 20.4 Å². The van der Waals surface area contributed by atoms with Crippen molar-refractivity contribution in [2.24, 2.45) is 0 Å². The highest BCUT2D eigenvalue weighted by molar-refractivity contribution is 5.69. The average molecular weight is 264 g/mol. The van der Waals surface area contributed by atoms with E-state index < -0.39 is 5.97 Å². The highest BCUT2D eigenvalue weighted by Crippen LogP contribution is 2.11. The third-order valence-electron chi connectivity index (χ3n) is 2.91. The minimum absolute atomic E-state index is 0.0842. The zero-order valence-corrected chi connectivity index (χ0v) is 12.3. The molecule has 0 heterocycles. The van der Waals surface area contributed by atoms with Gasteiger partial charge in [-0.05, 0) is 33.5 Å². The van der Waals surface area contributed by atoms with Crippen molar-refractivity contribution in [3.8, 4) is 0 Å². The van der Waals surface area contributed by atoms with Crippen LogP contribution in [0.2, 0.25) is 0 Å². The molecule has 0 aliphatic heterocycles. The molecule has 106 valence electrons. The second-order valence-corrected chi connectivity index (χ2v) is 5.40. The van der Waals surface area contributed by atoms with Gasteiger partial charge in [0, 0.05) is 19.6 Å². The van der Waals surface area contributed by atoms with Gasteiger partial charge in [-0.2, -0.15) is 0 Å². The summed E-state index contributed by atoms with van der Waals surface area (Å²) in [5, 5.41) is 8.98. The Hall–Kier alpha value is -1.39. The van der Waals surface area contributed by atoms with Crippen LogP contribution in [0.4, 0.5) is 0 Å². The highest BCUT2D eigenvalue weighted by atomic mass is 16.4. The van der Waals surface area contributed by atoms with E-state index in [-0.39, 0.29) is 6.54 Å². The van der Waals surface area contributed by atoms with Gasteiger partial charge < -0.3 is 10.0 Å². The van der Waals surface area contributed by atoms with Crippen molar-refractivity contribution in [2.75, 3.05) is 33.7 Å². The van der Waals surface area contributed by atoms with E-state index >= 15 is 0 Å². The Bertz CT molecular complexity index is 410. The number of likely N-dealkylation sites (N-methyl/N-ethyl adjacent to an activating group) is 1. The molecule has 4 heteroatoms. The van der Waals surface area contributed by atoms with Crippen molar-refractivity contribution >= 4 is 5.97 Å². The monoisotopic (exact) mass is 264 g/mol. The van der Waals surface area contributed by atoms with Gasteiger partial charge in [0.25, 0.3) is 0 Å². The van der Waals surface area contributed by atoms with Crippen molar-refractivity contribution in [3.63, 3.8) is 0 Å². The zero-order chi connectivity index (χ0) is 14.4. The molecule has 1 rings (SSSR count). The average Bonchev–Trinajstić information content (AvgIpc) is 2.23. The predicted molar refractivity (Wildman–Crippen MR) is 77.4 cm³/mol. The molecule has 0 aliphatic carbocycles. The van der Waals surface area contributed by atoms with Crippen LogP contribution >= 0.6 is 0 Å². The lowest BCUT2D eigenvalue weighted by Gasteiger charge is -2.22. The van der Waals surface area contributed by atoms with Crippen molar-refractivity contribution < 1.29 is 9.90 Å². The first-order valence-corrected chi connectivity index (χ1v) is 6.53. The fourth-order valence-electron chi connectivity index (χ4n) is 2.17. The van der Waals surface area contributed by atoms with Crippen LogP contribution in [0.15, 0.2) is 18.2 Å². The van der Waals surface area contributed by atoms with E-state index in [1.807, 2.05) is 19.0 Å². The largest absolute Gasteiger partial charge is 0.480 e. The number of carbonyl (C=O) groups is 1. The number of aliphatic carboxylic acids is 1. The standard InChI is InChI=1S/C15H24N2O2/c1-12-7-13(2)9-14(8-12)10-17(11-15(18)19)6-5-16(3)4/h7-9H,5-6,10-11H2,1-4H3,(H,18,19). The number of hydrogen-bond acceptors (Lipinski definition) is 3. The van der Waals surface area contributed by atoms with E-state index in [0.717, 1.165) is 13.1 Å². The molecule has 0 spiro atoms. The Kier molecular flexibility index (Phi) is 5.99. The van der Waals surface area contributed by atoms with Gasteiger partial charge in [0.2, 0.25) is 0 Å². The number of rotatable bonds is 7. The van der Waals surface area contributed by atoms with Crippen LogP contribution in [0.1, 0.15) is 16.7 Å². The lowest BCUT2D eigenvalue weighted by Crippen LogP contribution is -2.35. The van der Waals surface area contributed by atoms with Gasteiger partial charge in [0.05, 0.1) is 6.54 Å². The number of benzene rings is 1. The van der Waals surface area contributed by atoms with Crippen LogP contribution in [0.25, 0.3) is 0 Å². The molecule has 0 bridgehead atoms. The summed E-state index contributed by atoms with van der Waals surface area (Å²) in [7, 11) is 3.99. The van der Waals surface area contributed by atoms with Gasteiger partial charge in [-0.1, -0.05) is 29.3 Å². The third kappa shape index (κ3) is 6.36. The van der Waals surface area contributed by atoms with Crippen molar-refractivity contribution in [1.82, 2.24) is 9.80 Å². The minimum Gasteiger partial charge on any atom is -0.480 e. The van der Waals surface area contributed by atoms with E-state index in [0.29, 0.717) is 6.54 Å². The fourth-order valence-corrected chi connectivity index (χ4v) is 2.17. The number of aryl methyl sites for hydroxylation is 2. The molecule has 0 atom stereocenters. The number of hydrogen-bond donors (Lipinski definition) is 1. The van der Waals surface area contributed by atoms with Gasteiger partial charge in [0.15, 0.2) is 0 Å². The first-order valence-electron chi connectivity index (χ1n) is 6.53. The molecule has 0 amide bonds. The molecule has 4 nitrogen and oxygen atoms in total. The molecule has 19 heavy (non-hydrogen) atoms. The van der Waals surface area contributed by atoms with E-state index in [1.54, 1.807) is 0 Å². The Morgan fingerprint density at radius 2 is 1.68 bits per heavy atom. The zero-order valence-electron chi connectivity index (χ0n) is 12.3. The maximum atomic E-state index is 10.9. The van der Waals surface area contributed by atoms with Gasteiger partial charge in [-0.25, -0.2) is 0 Å². The molecule has 0 saturated carbocycles. The molecule has 0 aromatic heterocycles. The Balaban J connectivity index is 2.71. The molecule has 1 aromatic rings. The van der Waals surface area contributed by atoms with E-state index in [1.165, 1.54) is 16.7 Å². The normalized spacial score (nSPS) is 11.3. The lowest BCUT2D eigenvalue weighted by molar-refractivity contribution is -0.138. The maximum absolute atomic E-state index is 10.9. The first kappa shape index (κ1) is 15.7. The Morgan fingerprint density at radius 1 is 1.11 bits per heavy atom. The Labute approximate surface area is 115 Å². The summed E-state index contributed by atoms with van der Waals surface area (Å²) in [6.07, 6.45) is 0. The Morgan fingerprint density at radius 3 is 2.16 bits per heavy atom. The number of nitrogens with zero attached hydrogens (tertiary/aromatic N) is 2. The fraction of sp³-hybridized carbons (Fsp3) is 0.533. The van der Waals surface area contributed by atoms with Gasteiger partial charge >= 0.3 is 5.97 Å². The summed E-state index contributed by atoms with van der Waals surface area (Å²) in [5.74, 6) is -0.775. The van der Waals surface area contributed by atoms with Crippen molar-refractivity contribution in [1.29, 1.82) is 0 Å². The molecular formula is C15H24N2O2. The molecule has 0 aliphatic rings. The van der Waals surface area contributed by atoms with Crippen molar-refractivity contribution in [3.05, 3.63) is 34.9 Å². The quantitative estimate of drug-likeness (QED) is 0.815. The van der Waals surface area contributed by atoms with Gasteiger partial charge in [-0.3, -0.25) is 9.69 Å². The summed E-state index contributed by atoms with van der Waals surface area (Å²) < 4.78 is 0. The van der Waals surface area contributed by atoms with E-state index in [2.05, 4.69) is 36.9 Å². The van der Waals surface area contributed by atoms with Gasteiger partial charge in [0.1, 0.15) is 0 Å². The van der Waals surface area contributed by atoms with Crippen LogP contribution in [0, 0.1) is 13.8 Å². The summed E-state index contributed by atoms with van der Waals surface area (Å²) in [6, 6.07) is 6.37.